The molecule has 1 unspecified atom stereocenters. The number of hydrogen-bond acceptors (Lipinski definition) is 5. The number of rotatable bonds is 8. The summed E-state index contributed by atoms with van der Waals surface area (Å²) in [4.78, 5) is 16.3. The maximum Gasteiger partial charge on any atom is 0.236 e. The number of likely N-dealkylation sites (N-methyl/N-ethyl adjacent to an activating group) is 1. The van der Waals surface area contributed by atoms with Gasteiger partial charge in [-0.25, -0.2) is 12.8 Å². The van der Waals surface area contributed by atoms with Crippen molar-refractivity contribution < 1.29 is 22.3 Å². The first kappa shape index (κ1) is 22.2. The van der Waals surface area contributed by atoms with Gasteiger partial charge >= 0.3 is 0 Å². The van der Waals surface area contributed by atoms with Crippen LogP contribution in [-0.4, -0.2) is 62.4 Å². The average Bonchev–Trinajstić information content (AvgIpc) is 3.09. The molecule has 30 heavy (non-hydrogen) atoms. The molecular weight excluding hydrogens is 407 g/mol. The molecular formula is C22H27FN2O4S. The Kier molecular flexibility index (Phi) is 7.10. The van der Waals surface area contributed by atoms with Crippen LogP contribution >= 0.6 is 0 Å². The van der Waals surface area contributed by atoms with E-state index in [9.17, 15) is 17.6 Å². The van der Waals surface area contributed by atoms with Crippen LogP contribution in [0.4, 0.5) is 4.39 Å². The second kappa shape index (κ2) is 9.57. The predicted molar refractivity (Wildman–Crippen MR) is 113 cm³/mol. The molecule has 1 heterocycles. The number of nitrogens with zero attached hydrogens (tertiary/aromatic N) is 2. The van der Waals surface area contributed by atoms with E-state index in [1.165, 1.54) is 11.0 Å². The summed E-state index contributed by atoms with van der Waals surface area (Å²) < 4.78 is 43.1. The first-order valence-corrected chi connectivity index (χ1v) is 11.6. The molecule has 8 heteroatoms. The standard InChI is InChI=1S/C22H27FN2O4S/c1-24(14-18-5-3-4-6-21(18)23)22(26)15-25(19-11-12-30(27,28)16-19)13-17-7-9-20(29-2)10-8-17/h3-10,19H,11-16H2,1-2H3. The van der Waals surface area contributed by atoms with Gasteiger partial charge in [0.25, 0.3) is 0 Å². The Morgan fingerprint density at radius 2 is 1.83 bits per heavy atom. The van der Waals surface area contributed by atoms with Gasteiger partial charge < -0.3 is 9.64 Å². The average molecular weight is 435 g/mol. The third-order valence-electron chi connectivity index (χ3n) is 5.40. The molecule has 0 spiro atoms. The molecule has 0 aromatic heterocycles. The summed E-state index contributed by atoms with van der Waals surface area (Å²) >= 11 is 0. The van der Waals surface area contributed by atoms with Gasteiger partial charge in [0, 0.05) is 31.7 Å². The minimum absolute atomic E-state index is 0.0491. The number of hydrogen-bond donors (Lipinski definition) is 0. The molecule has 0 aliphatic carbocycles. The molecule has 1 atom stereocenters. The summed E-state index contributed by atoms with van der Waals surface area (Å²) in [6, 6.07) is 13.6. The Bertz CT molecular complexity index is 979. The van der Waals surface area contributed by atoms with E-state index < -0.39 is 9.84 Å². The lowest BCUT2D eigenvalue weighted by Crippen LogP contribution is -2.43. The zero-order valence-electron chi connectivity index (χ0n) is 17.3. The van der Waals surface area contributed by atoms with Crippen molar-refractivity contribution in [3.8, 4) is 5.75 Å². The SMILES string of the molecule is COc1ccc(CN(CC(=O)N(C)Cc2ccccc2F)C2CCS(=O)(=O)C2)cc1. The van der Waals surface area contributed by atoms with Crippen molar-refractivity contribution in [2.24, 2.45) is 0 Å². The van der Waals surface area contributed by atoms with E-state index >= 15 is 0 Å². The monoisotopic (exact) mass is 434 g/mol. The highest BCUT2D eigenvalue weighted by atomic mass is 32.2. The van der Waals surface area contributed by atoms with Crippen molar-refractivity contribution >= 4 is 15.7 Å². The summed E-state index contributed by atoms with van der Waals surface area (Å²) in [5.41, 5.74) is 1.41. The van der Waals surface area contributed by atoms with Crippen LogP contribution in [0, 0.1) is 5.82 Å². The van der Waals surface area contributed by atoms with Crippen molar-refractivity contribution in [3.63, 3.8) is 0 Å². The zero-order chi connectivity index (χ0) is 21.7. The summed E-state index contributed by atoms with van der Waals surface area (Å²) in [5.74, 6) is 0.378. The molecule has 2 aromatic rings. The number of halogens is 1. The highest BCUT2D eigenvalue weighted by Gasteiger charge is 2.33. The minimum atomic E-state index is -3.09. The van der Waals surface area contributed by atoms with Crippen LogP contribution in [0.1, 0.15) is 17.5 Å². The maximum atomic E-state index is 13.9. The summed E-state index contributed by atoms with van der Waals surface area (Å²) in [7, 11) is 0.133. The third kappa shape index (κ3) is 5.79. The molecule has 1 aliphatic rings. The van der Waals surface area contributed by atoms with Crippen molar-refractivity contribution in [1.82, 2.24) is 9.80 Å². The third-order valence-corrected chi connectivity index (χ3v) is 7.15. The van der Waals surface area contributed by atoms with Crippen LogP contribution in [0.5, 0.6) is 5.75 Å². The molecule has 1 amide bonds. The van der Waals surface area contributed by atoms with E-state index in [1.807, 2.05) is 29.2 Å². The fourth-order valence-corrected chi connectivity index (χ4v) is 5.37. The summed E-state index contributed by atoms with van der Waals surface area (Å²) in [6.45, 7) is 0.672. The Morgan fingerprint density at radius 3 is 2.43 bits per heavy atom. The zero-order valence-corrected chi connectivity index (χ0v) is 18.1. The molecule has 1 saturated heterocycles. The lowest BCUT2D eigenvalue weighted by molar-refractivity contribution is -0.132. The summed E-state index contributed by atoms with van der Waals surface area (Å²) in [6.07, 6.45) is 0.503. The molecule has 0 N–H and O–H groups in total. The Balaban J connectivity index is 1.72. The largest absolute Gasteiger partial charge is 0.497 e. The van der Waals surface area contributed by atoms with Gasteiger partial charge in [-0.1, -0.05) is 30.3 Å². The second-order valence-electron chi connectivity index (χ2n) is 7.65. The van der Waals surface area contributed by atoms with Crippen LogP contribution in [-0.2, 0) is 27.7 Å². The number of carbonyl (C=O) groups is 1. The van der Waals surface area contributed by atoms with Gasteiger partial charge in [0.05, 0.1) is 25.2 Å². The first-order valence-electron chi connectivity index (χ1n) is 9.82. The number of carbonyl (C=O) groups excluding carboxylic acids is 1. The van der Waals surface area contributed by atoms with Crippen LogP contribution in [0.2, 0.25) is 0 Å². The van der Waals surface area contributed by atoms with E-state index in [-0.39, 0.29) is 42.4 Å². The highest BCUT2D eigenvalue weighted by Crippen LogP contribution is 2.21. The second-order valence-corrected chi connectivity index (χ2v) is 9.88. The van der Waals surface area contributed by atoms with Crippen LogP contribution < -0.4 is 4.74 Å². The van der Waals surface area contributed by atoms with Gasteiger partial charge in [-0.2, -0.15) is 0 Å². The lowest BCUT2D eigenvalue weighted by Gasteiger charge is -2.29. The molecule has 0 radical (unpaired) electrons. The molecule has 6 nitrogen and oxygen atoms in total. The van der Waals surface area contributed by atoms with E-state index in [4.69, 9.17) is 4.74 Å². The van der Waals surface area contributed by atoms with Crippen molar-refractivity contribution in [2.75, 3.05) is 32.2 Å². The number of ether oxygens (including phenoxy) is 1. The first-order chi connectivity index (χ1) is 14.3. The summed E-state index contributed by atoms with van der Waals surface area (Å²) in [5, 5.41) is 0. The van der Waals surface area contributed by atoms with E-state index in [0.29, 0.717) is 18.5 Å². The molecule has 0 saturated carbocycles. The van der Waals surface area contributed by atoms with Gasteiger partial charge in [-0.05, 0) is 30.2 Å². The van der Waals surface area contributed by atoms with Crippen LogP contribution in [0.3, 0.4) is 0 Å². The number of benzene rings is 2. The molecule has 3 rings (SSSR count). The predicted octanol–water partition coefficient (Wildman–Crippen LogP) is 2.48. The van der Waals surface area contributed by atoms with Crippen LogP contribution in [0.25, 0.3) is 0 Å². The molecule has 0 bridgehead atoms. The maximum absolute atomic E-state index is 13.9. The number of sulfone groups is 1. The quantitative estimate of drug-likeness (QED) is 0.639. The van der Waals surface area contributed by atoms with Crippen LogP contribution in [0.15, 0.2) is 48.5 Å². The number of amides is 1. The minimum Gasteiger partial charge on any atom is -0.497 e. The van der Waals surface area contributed by atoms with E-state index in [2.05, 4.69) is 0 Å². The Morgan fingerprint density at radius 1 is 1.13 bits per heavy atom. The van der Waals surface area contributed by atoms with Gasteiger partial charge in [-0.3, -0.25) is 9.69 Å². The fraction of sp³-hybridized carbons (Fsp3) is 0.409. The van der Waals surface area contributed by atoms with Gasteiger partial charge in [0.15, 0.2) is 9.84 Å². The smallest absolute Gasteiger partial charge is 0.236 e. The van der Waals surface area contributed by atoms with Crippen molar-refractivity contribution in [3.05, 3.63) is 65.5 Å². The topological polar surface area (TPSA) is 66.9 Å². The van der Waals surface area contributed by atoms with Gasteiger partial charge in [0.1, 0.15) is 11.6 Å². The Hall–Kier alpha value is -2.45. The normalized spacial score (nSPS) is 17.8. The lowest BCUT2D eigenvalue weighted by atomic mass is 10.1. The molecule has 162 valence electrons. The molecule has 1 aliphatic heterocycles. The Labute approximate surface area is 177 Å². The van der Waals surface area contributed by atoms with Crippen molar-refractivity contribution in [1.29, 1.82) is 0 Å². The van der Waals surface area contributed by atoms with Gasteiger partial charge in [-0.15, -0.1) is 0 Å². The van der Waals surface area contributed by atoms with E-state index in [1.54, 1.807) is 32.4 Å². The fourth-order valence-electron chi connectivity index (χ4n) is 3.61. The van der Waals surface area contributed by atoms with Gasteiger partial charge in [0.2, 0.25) is 5.91 Å². The number of methoxy groups -OCH3 is 1. The molecule has 2 aromatic carbocycles. The molecule has 1 fully saturated rings. The van der Waals surface area contributed by atoms with Crippen molar-refractivity contribution in [2.45, 2.75) is 25.6 Å². The van der Waals surface area contributed by atoms with E-state index in [0.717, 1.165) is 11.3 Å². The highest BCUT2D eigenvalue weighted by molar-refractivity contribution is 7.91.